The van der Waals surface area contributed by atoms with E-state index in [-0.39, 0.29) is 0 Å². The van der Waals surface area contributed by atoms with E-state index in [0.29, 0.717) is 0 Å². The molecule has 5 heteroatoms. The zero-order chi connectivity index (χ0) is 6.08. The molecule has 42 valence electrons. The van der Waals surface area contributed by atoms with Crippen LogP contribution in [0.1, 0.15) is 0 Å². The lowest BCUT2D eigenvalue weighted by Gasteiger charge is -1.99. The third-order valence-corrected chi connectivity index (χ3v) is 1.31. The molecule has 0 bridgehead atoms. The molecule has 0 N–H and O–H groups in total. The van der Waals surface area contributed by atoms with Gasteiger partial charge in [-0.25, -0.2) is 0 Å². The first-order valence-corrected chi connectivity index (χ1v) is 2.72. The van der Waals surface area contributed by atoms with Crippen LogP contribution in [0.4, 0.5) is 0 Å². The fraction of sp³-hybridized carbons (Fsp3) is 0.500. The van der Waals surface area contributed by atoms with Crippen LogP contribution in [0.25, 0.3) is 0 Å². The second-order valence-electron chi connectivity index (χ2n) is 0.771. The minimum absolute atomic E-state index is 0.988. The van der Waals surface area contributed by atoms with Crippen molar-refractivity contribution in [2.24, 2.45) is 0 Å². The van der Waals surface area contributed by atoms with Crippen LogP contribution in [-0.2, 0) is 4.79 Å². The molecule has 0 aromatic carbocycles. The maximum absolute atomic E-state index is 9.83. The number of hydrogen-bond acceptors (Lipinski definition) is 1. The maximum atomic E-state index is 9.83. The molecular weight excluding hydrogens is 184 g/mol. The van der Waals surface area contributed by atoms with E-state index in [4.69, 9.17) is 46.4 Å². The summed E-state index contributed by atoms with van der Waals surface area (Å²) in [5, 5.41) is -0.988. The van der Waals surface area contributed by atoms with Crippen molar-refractivity contribution in [1.29, 1.82) is 0 Å². The molecule has 0 aliphatic heterocycles. The summed E-state index contributed by atoms with van der Waals surface area (Å²) in [7, 11) is 0. The predicted octanol–water partition coefficient (Wildman–Crippen LogP) is 2.12. The molecule has 0 aliphatic carbocycles. The van der Waals surface area contributed by atoms with Gasteiger partial charge in [0.1, 0.15) is 0 Å². The van der Waals surface area contributed by atoms with Crippen LogP contribution in [0.2, 0.25) is 0 Å². The van der Waals surface area contributed by atoms with Crippen LogP contribution < -0.4 is 0 Å². The van der Waals surface area contributed by atoms with E-state index in [9.17, 15) is 4.79 Å². The lowest BCUT2D eigenvalue weighted by molar-refractivity contribution is -0.110. The van der Waals surface area contributed by atoms with Crippen LogP contribution in [0.3, 0.4) is 0 Å². The third-order valence-electron chi connectivity index (χ3n) is 0.223. The van der Waals surface area contributed by atoms with Gasteiger partial charge in [0.15, 0.2) is 0 Å². The fourth-order valence-electron chi connectivity index (χ4n) is 0. The summed E-state index contributed by atoms with van der Waals surface area (Å²) in [5.41, 5.74) is 0. The summed E-state index contributed by atoms with van der Waals surface area (Å²) in [4.78, 5) is 9.83. The van der Waals surface area contributed by atoms with Gasteiger partial charge in [-0.05, 0) is 11.6 Å². The number of rotatable bonds is 0. The summed E-state index contributed by atoms with van der Waals surface area (Å²) in [6.45, 7) is 0. The molecule has 0 saturated heterocycles. The van der Waals surface area contributed by atoms with Crippen molar-refractivity contribution < 1.29 is 4.79 Å². The molecule has 0 heterocycles. The molecule has 0 aromatic heterocycles. The van der Waals surface area contributed by atoms with Crippen LogP contribution in [0.15, 0.2) is 0 Å². The normalized spacial score (nSPS) is 11.4. The van der Waals surface area contributed by atoms with Gasteiger partial charge in [0, 0.05) is 0 Å². The second-order valence-corrected chi connectivity index (χ2v) is 3.40. The van der Waals surface area contributed by atoms with Crippen molar-refractivity contribution in [3.8, 4) is 0 Å². The predicted molar refractivity (Wildman–Crippen MR) is 31.1 cm³/mol. The van der Waals surface area contributed by atoms with Gasteiger partial charge in [-0.15, -0.1) is 0 Å². The Labute approximate surface area is 60.5 Å². The number of halogens is 4. The van der Waals surface area contributed by atoms with Gasteiger partial charge in [-0.3, -0.25) is 4.79 Å². The molecule has 0 unspecified atom stereocenters. The Hall–Kier alpha value is 0.830. The molecule has 0 aromatic rings. The third kappa shape index (κ3) is 3.42. The Morgan fingerprint density at radius 3 is 1.43 bits per heavy atom. The molecule has 0 rings (SSSR count). The van der Waals surface area contributed by atoms with Crippen molar-refractivity contribution in [3.63, 3.8) is 0 Å². The van der Waals surface area contributed by atoms with E-state index in [1.165, 1.54) is 0 Å². The Bertz CT molecular complexity index is 82.2. The highest BCUT2D eigenvalue weighted by Crippen LogP contribution is 2.28. The van der Waals surface area contributed by atoms with Gasteiger partial charge in [0.2, 0.25) is 0 Å². The number of carbonyl (C=O) groups is 1. The summed E-state index contributed by atoms with van der Waals surface area (Å²) in [6.07, 6.45) is 0. The van der Waals surface area contributed by atoms with Crippen molar-refractivity contribution in [2.45, 2.75) is 3.79 Å². The van der Waals surface area contributed by atoms with Crippen molar-refractivity contribution in [1.82, 2.24) is 0 Å². The largest absolute Gasteiger partial charge is 0.276 e. The van der Waals surface area contributed by atoms with E-state index >= 15 is 0 Å². The monoisotopic (exact) mass is 182 g/mol. The quantitative estimate of drug-likeness (QED) is 0.320. The molecule has 0 amide bonds. The van der Waals surface area contributed by atoms with Crippen LogP contribution in [0, 0.1) is 0 Å². The Balaban J connectivity index is 3.79. The van der Waals surface area contributed by atoms with E-state index in [1.807, 2.05) is 0 Å². The number of hydrogen-bond donors (Lipinski definition) is 0. The minimum atomic E-state index is -1.96. The van der Waals surface area contributed by atoms with E-state index < -0.39 is 9.03 Å². The molecule has 0 aliphatic rings. The standard InChI is InChI=1S/C2Cl4O/c3-1(7)2(4,5)6/i1+1,2+1. The smallest absolute Gasteiger partial charge is 0.273 e. The summed E-state index contributed by atoms with van der Waals surface area (Å²) >= 11 is 19.5. The van der Waals surface area contributed by atoms with Gasteiger partial charge >= 0.3 is 0 Å². The molecule has 1 nitrogen and oxygen atoms in total. The molecule has 0 saturated carbocycles. The zero-order valence-electron chi connectivity index (χ0n) is 2.92. The minimum Gasteiger partial charge on any atom is -0.276 e. The van der Waals surface area contributed by atoms with Crippen LogP contribution in [-0.4, -0.2) is 9.03 Å². The summed E-state index contributed by atoms with van der Waals surface area (Å²) in [5.74, 6) is 0. The lowest BCUT2D eigenvalue weighted by Crippen LogP contribution is -2.10. The molecule has 7 heavy (non-hydrogen) atoms. The number of carbonyl (C=O) groups excluding carboxylic acids is 1. The SMILES string of the molecule is O=[13C](Cl)[13C](Cl)(Cl)Cl. The summed E-state index contributed by atoms with van der Waals surface area (Å²) in [6, 6.07) is 0. The van der Waals surface area contributed by atoms with Gasteiger partial charge in [0.25, 0.3) is 9.03 Å². The van der Waals surface area contributed by atoms with Crippen LogP contribution in [0.5, 0.6) is 0 Å². The molecule has 0 radical (unpaired) electrons. The molecular formula is C2Cl4O. The second kappa shape index (κ2) is 2.40. The van der Waals surface area contributed by atoms with Crippen molar-refractivity contribution in [2.75, 3.05) is 0 Å². The fourth-order valence-corrected chi connectivity index (χ4v) is 0. The highest BCUT2D eigenvalue weighted by Gasteiger charge is 2.27. The van der Waals surface area contributed by atoms with E-state index in [0.717, 1.165) is 0 Å². The van der Waals surface area contributed by atoms with E-state index in [2.05, 4.69) is 0 Å². The Morgan fingerprint density at radius 1 is 1.29 bits per heavy atom. The van der Waals surface area contributed by atoms with Crippen LogP contribution >= 0.6 is 46.4 Å². The first kappa shape index (κ1) is 7.83. The topological polar surface area (TPSA) is 17.1 Å². The van der Waals surface area contributed by atoms with Gasteiger partial charge in [0.05, 0.1) is 0 Å². The van der Waals surface area contributed by atoms with Gasteiger partial charge in [-0.1, -0.05) is 34.8 Å². The zero-order valence-corrected chi connectivity index (χ0v) is 5.94. The highest BCUT2D eigenvalue weighted by atomic mass is 35.6. The molecule has 0 spiro atoms. The van der Waals surface area contributed by atoms with Crippen molar-refractivity contribution >= 4 is 51.6 Å². The Morgan fingerprint density at radius 2 is 1.43 bits per heavy atom. The maximum Gasteiger partial charge on any atom is 0.273 e. The molecule has 0 atom stereocenters. The average molecular weight is 184 g/mol. The molecule has 0 fully saturated rings. The first-order valence-electron chi connectivity index (χ1n) is 1.21. The Kier molecular flexibility index (Phi) is 2.69. The first-order chi connectivity index (χ1) is 2.94. The average Bonchev–Trinajstić information content (AvgIpc) is 1.31. The van der Waals surface area contributed by atoms with Gasteiger partial charge in [-0.2, -0.15) is 0 Å². The summed E-state index contributed by atoms with van der Waals surface area (Å²) < 4.78 is -1.96. The van der Waals surface area contributed by atoms with Gasteiger partial charge < -0.3 is 0 Å². The van der Waals surface area contributed by atoms with E-state index in [1.54, 1.807) is 0 Å². The van der Waals surface area contributed by atoms with Crippen molar-refractivity contribution in [3.05, 3.63) is 0 Å². The number of alkyl halides is 3. The highest BCUT2D eigenvalue weighted by molar-refractivity contribution is 6.88. The lowest BCUT2D eigenvalue weighted by atomic mass is 11.9.